The predicted octanol–water partition coefficient (Wildman–Crippen LogP) is 2.93. The monoisotopic (exact) mass is 254 g/mol. The Labute approximate surface area is 113 Å². The van der Waals surface area contributed by atoms with E-state index in [1.165, 1.54) is 0 Å². The van der Waals surface area contributed by atoms with Gasteiger partial charge in [-0.3, -0.25) is 4.79 Å². The first-order chi connectivity index (χ1) is 8.99. The molecule has 0 radical (unpaired) electrons. The first-order valence-corrected chi connectivity index (χ1v) is 6.22. The number of amides is 1. The minimum atomic E-state index is -0.417. The summed E-state index contributed by atoms with van der Waals surface area (Å²) in [5, 5.41) is 3.03. The average molecular weight is 254 g/mol. The van der Waals surface area contributed by atoms with Crippen molar-refractivity contribution in [2.24, 2.45) is 0 Å². The van der Waals surface area contributed by atoms with E-state index in [0.717, 1.165) is 5.56 Å². The van der Waals surface area contributed by atoms with Gasteiger partial charge in [-0.05, 0) is 43.7 Å². The van der Waals surface area contributed by atoms with Crippen LogP contribution < -0.4 is 11.1 Å². The summed E-state index contributed by atoms with van der Waals surface area (Å²) in [6.07, 6.45) is 0. The molecule has 19 heavy (non-hydrogen) atoms. The van der Waals surface area contributed by atoms with E-state index in [1.807, 2.05) is 44.2 Å². The minimum absolute atomic E-state index is 0.103. The molecule has 0 saturated heterocycles. The topological polar surface area (TPSA) is 55.1 Å². The van der Waals surface area contributed by atoms with Gasteiger partial charge in [-0.25, -0.2) is 0 Å². The fourth-order valence-electron chi connectivity index (χ4n) is 1.92. The second kappa shape index (κ2) is 5.14. The van der Waals surface area contributed by atoms with Crippen LogP contribution in [0.25, 0.3) is 0 Å². The largest absolute Gasteiger partial charge is 0.399 e. The Morgan fingerprint density at radius 3 is 2.16 bits per heavy atom. The second-order valence-electron chi connectivity index (χ2n) is 5.07. The lowest BCUT2D eigenvalue weighted by Crippen LogP contribution is -2.40. The van der Waals surface area contributed by atoms with Crippen LogP contribution in [0.4, 0.5) is 5.69 Å². The zero-order chi connectivity index (χ0) is 13.9. The smallest absolute Gasteiger partial charge is 0.251 e. The maximum atomic E-state index is 12.2. The van der Waals surface area contributed by atoms with Gasteiger partial charge in [-0.15, -0.1) is 0 Å². The maximum Gasteiger partial charge on any atom is 0.251 e. The lowest BCUT2D eigenvalue weighted by Gasteiger charge is -2.27. The van der Waals surface area contributed by atoms with Crippen LogP contribution in [0.1, 0.15) is 29.8 Å². The Morgan fingerprint density at radius 1 is 1.00 bits per heavy atom. The highest BCUT2D eigenvalue weighted by Gasteiger charge is 2.22. The Morgan fingerprint density at radius 2 is 1.58 bits per heavy atom. The number of benzene rings is 2. The molecule has 0 spiro atoms. The molecule has 1 amide bonds. The van der Waals surface area contributed by atoms with E-state index in [-0.39, 0.29) is 5.91 Å². The van der Waals surface area contributed by atoms with E-state index in [9.17, 15) is 4.79 Å². The minimum Gasteiger partial charge on any atom is -0.399 e. The van der Waals surface area contributed by atoms with Crippen molar-refractivity contribution >= 4 is 11.6 Å². The van der Waals surface area contributed by atoms with Gasteiger partial charge in [-0.1, -0.05) is 30.3 Å². The Bertz CT molecular complexity index is 559. The van der Waals surface area contributed by atoms with Gasteiger partial charge in [0.05, 0.1) is 5.54 Å². The highest BCUT2D eigenvalue weighted by molar-refractivity contribution is 5.95. The van der Waals surface area contributed by atoms with Crippen molar-refractivity contribution in [1.82, 2.24) is 5.32 Å². The number of nitrogens with one attached hydrogen (secondary N) is 1. The molecule has 3 nitrogen and oxygen atoms in total. The standard InChI is InChI=1S/C16H18N2O/c1-16(2,13-6-4-3-5-7-13)18-15(19)12-8-10-14(17)11-9-12/h3-11H,17H2,1-2H3,(H,18,19). The van der Waals surface area contributed by atoms with Crippen LogP contribution in [-0.2, 0) is 5.54 Å². The molecule has 0 aliphatic heterocycles. The number of nitrogens with two attached hydrogens (primary N) is 1. The highest BCUT2D eigenvalue weighted by atomic mass is 16.1. The lowest BCUT2D eigenvalue weighted by molar-refractivity contribution is 0.0912. The zero-order valence-electron chi connectivity index (χ0n) is 11.2. The van der Waals surface area contributed by atoms with Gasteiger partial charge in [0.1, 0.15) is 0 Å². The van der Waals surface area contributed by atoms with Crippen LogP contribution in [0.5, 0.6) is 0 Å². The number of hydrogen-bond acceptors (Lipinski definition) is 2. The molecule has 0 unspecified atom stereocenters. The predicted molar refractivity (Wildman–Crippen MR) is 77.8 cm³/mol. The van der Waals surface area contributed by atoms with Gasteiger partial charge in [-0.2, -0.15) is 0 Å². The summed E-state index contributed by atoms with van der Waals surface area (Å²) in [6, 6.07) is 16.8. The van der Waals surface area contributed by atoms with Crippen molar-refractivity contribution in [3.63, 3.8) is 0 Å². The molecule has 2 aromatic carbocycles. The molecular formula is C16H18N2O. The number of anilines is 1. The van der Waals surface area contributed by atoms with E-state index < -0.39 is 5.54 Å². The summed E-state index contributed by atoms with van der Waals surface area (Å²) in [5.41, 5.74) is 7.53. The van der Waals surface area contributed by atoms with Crippen LogP contribution in [0, 0.1) is 0 Å². The van der Waals surface area contributed by atoms with E-state index in [2.05, 4.69) is 5.32 Å². The lowest BCUT2D eigenvalue weighted by atomic mass is 9.94. The van der Waals surface area contributed by atoms with E-state index in [4.69, 9.17) is 5.73 Å². The van der Waals surface area contributed by atoms with Gasteiger partial charge in [0.2, 0.25) is 0 Å². The quantitative estimate of drug-likeness (QED) is 0.827. The van der Waals surface area contributed by atoms with Crippen molar-refractivity contribution in [2.75, 3.05) is 5.73 Å². The van der Waals surface area contributed by atoms with Gasteiger partial charge in [0.25, 0.3) is 5.91 Å². The third-order valence-electron chi connectivity index (χ3n) is 3.09. The number of rotatable bonds is 3. The van der Waals surface area contributed by atoms with Crippen LogP contribution in [0.3, 0.4) is 0 Å². The Kier molecular flexibility index (Phi) is 3.56. The van der Waals surface area contributed by atoms with E-state index in [1.54, 1.807) is 24.3 Å². The third-order valence-corrected chi connectivity index (χ3v) is 3.09. The molecule has 0 heterocycles. The molecule has 0 aliphatic carbocycles. The van der Waals surface area contributed by atoms with E-state index >= 15 is 0 Å². The fourth-order valence-corrected chi connectivity index (χ4v) is 1.92. The third kappa shape index (κ3) is 3.13. The molecule has 2 rings (SSSR count). The average Bonchev–Trinajstić information content (AvgIpc) is 2.40. The molecule has 0 aromatic heterocycles. The fraction of sp³-hybridized carbons (Fsp3) is 0.188. The second-order valence-corrected chi connectivity index (χ2v) is 5.07. The molecule has 0 aliphatic rings. The summed E-state index contributed by atoms with van der Waals surface area (Å²) in [6.45, 7) is 3.97. The zero-order valence-corrected chi connectivity index (χ0v) is 11.2. The maximum absolute atomic E-state index is 12.2. The SMILES string of the molecule is CC(C)(NC(=O)c1ccc(N)cc1)c1ccccc1. The summed E-state index contributed by atoms with van der Waals surface area (Å²) in [7, 11) is 0. The highest BCUT2D eigenvalue weighted by Crippen LogP contribution is 2.20. The summed E-state index contributed by atoms with van der Waals surface area (Å²) in [5.74, 6) is -0.103. The molecule has 3 N–H and O–H groups in total. The number of carbonyl (C=O) groups excluding carboxylic acids is 1. The van der Waals surface area contributed by atoms with Gasteiger partial charge in [0, 0.05) is 11.3 Å². The molecule has 98 valence electrons. The molecule has 0 saturated carbocycles. The molecule has 3 heteroatoms. The summed E-state index contributed by atoms with van der Waals surface area (Å²) in [4.78, 5) is 12.2. The Balaban J connectivity index is 2.16. The van der Waals surface area contributed by atoms with Gasteiger partial charge in [0.15, 0.2) is 0 Å². The molecule has 0 atom stereocenters. The first-order valence-electron chi connectivity index (χ1n) is 6.22. The number of hydrogen-bond donors (Lipinski definition) is 2. The first kappa shape index (κ1) is 13.1. The summed E-state index contributed by atoms with van der Waals surface area (Å²) >= 11 is 0. The number of carbonyl (C=O) groups is 1. The normalized spacial score (nSPS) is 11.1. The van der Waals surface area contributed by atoms with E-state index in [0.29, 0.717) is 11.3 Å². The molecule has 0 fully saturated rings. The number of nitrogen functional groups attached to an aromatic ring is 1. The van der Waals surface area contributed by atoms with Crippen LogP contribution in [0.2, 0.25) is 0 Å². The van der Waals surface area contributed by atoms with Crippen LogP contribution >= 0.6 is 0 Å². The molecular weight excluding hydrogens is 236 g/mol. The Hall–Kier alpha value is -2.29. The van der Waals surface area contributed by atoms with Crippen LogP contribution in [0.15, 0.2) is 54.6 Å². The van der Waals surface area contributed by atoms with Gasteiger partial charge < -0.3 is 11.1 Å². The van der Waals surface area contributed by atoms with Crippen molar-refractivity contribution in [3.05, 3.63) is 65.7 Å². The van der Waals surface area contributed by atoms with Gasteiger partial charge >= 0.3 is 0 Å². The van der Waals surface area contributed by atoms with Crippen molar-refractivity contribution in [3.8, 4) is 0 Å². The van der Waals surface area contributed by atoms with Crippen molar-refractivity contribution in [1.29, 1.82) is 0 Å². The summed E-state index contributed by atoms with van der Waals surface area (Å²) < 4.78 is 0. The van der Waals surface area contributed by atoms with Crippen LogP contribution in [-0.4, -0.2) is 5.91 Å². The molecule has 0 bridgehead atoms. The van der Waals surface area contributed by atoms with Crippen molar-refractivity contribution < 1.29 is 4.79 Å². The van der Waals surface area contributed by atoms with Crippen molar-refractivity contribution in [2.45, 2.75) is 19.4 Å². The molecule has 2 aromatic rings.